The fourth-order valence-corrected chi connectivity index (χ4v) is 1.98. The number of anilines is 1. The van der Waals surface area contributed by atoms with Crippen LogP contribution in [0.4, 0.5) is 5.82 Å². The molecule has 0 amide bonds. The lowest BCUT2D eigenvalue weighted by atomic mass is 10.2. The summed E-state index contributed by atoms with van der Waals surface area (Å²) >= 11 is 0. The maximum Gasteiger partial charge on any atom is 0.329 e. The lowest BCUT2D eigenvalue weighted by molar-refractivity contribution is -0.145. The third-order valence-electron chi connectivity index (χ3n) is 3.13. The lowest BCUT2D eigenvalue weighted by Gasteiger charge is -2.12. The van der Waals surface area contributed by atoms with Gasteiger partial charge >= 0.3 is 5.97 Å². The van der Waals surface area contributed by atoms with Gasteiger partial charge in [-0.2, -0.15) is 5.48 Å². The second-order valence-electron chi connectivity index (χ2n) is 5.25. The minimum atomic E-state index is -0.471. The predicted molar refractivity (Wildman–Crippen MR) is 96.2 cm³/mol. The molecule has 0 bridgehead atoms. The van der Waals surface area contributed by atoms with Crippen molar-refractivity contribution in [2.24, 2.45) is 4.99 Å². The van der Waals surface area contributed by atoms with Gasteiger partial charge in [0.05, 0.1) is 13.2 Å². The van der Waals surface area contributed by atoms with Crippen LogP contribution in [-0.4, -0.2) is 23.5 Å². The molecule has 25 heavy (non-hydrogen) atoms. The molecule has 7 heteroatoms. The molecule has 0 atom stereocenters. The average molecular weight is 342 g/mol. The zero-order chi connectivity index (χ0) is 18.1. The van der Waals surface area contributed by atoms with Crippen LogP contribution in [0.3, 0.4) is 0 Å². The Bertz CT molecular complexity index is 729. The van der Waals surface area contributed by atoms with Gasteiger partial charge in [-0.3, -0.25) is 4.79 Å². The number of ether oxygens (including phenoxy) is 1. The summed E-state index contributed by atoms with van der Waals surface area (Å²) in [6, 6.07) is 11.4. The van der Waals surface area contributed by atoms with Crippen LogP contribution in [0, 0.1) is 6.92 Å². The van der Waals surface area contributed by atoms with E-state index in [0.29, 0.717) is 19.0 Å². The lowest BCUT2D eigenvalue weighted by Crippen LogP contribution is -2.32. The smallest absolute Gasteiger partial charge is 0.329 e. The predicted octanol–water partition coefficient (Wildman–Crippen LogP) is 2.82. The van der Waals surface area contributed by atoms with Crippen LogP contribution in [0.2, 0.25) is 0 Å². The topological polar surface area (TPSA) is 84.8 Å². The Balaban J connectivity index is 2.15. The van der Waals surface area contributed by atoms with Crippen molar-refractivity contribution in [1.29, 1.82) is 0 Å². The molecule has 0 saturated heterocycles. The van der Waals surface area contributed by atoms with E-state index in [1.807, 2.05) is 50.2 Å². The molecule has 2 N–H and O–H groups in total. The molecule has 2 rings (SSSR count). The van der Waals surface area contributed by atoms with Crippen molar-refractivity contribution in [1.82, 2.24) is 10.5 Å². The average Bonchev–Trinajstić information content (AvgIpc) is 2.60. The van der Waals surface area contributed by atoms with Gasteiger partial charge in [-0.1, -0.05) is 24.3 Å². The first-order valence-corrected chi connectivity index (χ1v) is 7.96. The first-order valence-electron chi connectivity index (χ1n) is 7.96. The van der Waals surface area contributed by atoms with Gasteiger partial charge in [-0.15, -0.1) is 0 Å². The molecule has 0 aliphatic carbocycles. The first kappa shape index (κ1) is 18.3. The fraction of sp³-hybridized carbons (Fsp3) is 0.278. The molecule has 1 aromatic heterocycles. The zero-order valence-corrected chi connectivity index (χ0v) is 14.6. The minimum Gasteiger partial charge on any atom is -0.494 e. The van der Waals surface area contributed by atoms with Crippen molar-refractivity contribution < 1.29 is 14.4 Å². The Hall–Kier alpha value is -3.09. The van der Waals surface area contributed by atoms with Gasteiger partial charge in [-0.05, 0) is 31.5 Å². The highest BCUT2D eigenvalue weighted by Gasteiger charge is 2.06. The van der Waals surface area contributed by atoms with E-state index in [2.05, 4.69) is 20.8 Å². The molecular formula is C18H22N4O3. The van der Waals surface area contributed by atoms with Crippen molar-refractivity contribution in [3.05, 3.63) is 53.7 Å². The number of rotatable bonds is 5. The molecule has 1 aromatic carbocycles. The number of aliphatic imine (C=N–C) groups is 1. The minimum absolute atomic E-state index is 0.276. The summed E-state index contributed by atoms with van der Waals surface area (Å²) in [6.45, 7) is 6.11. The number of guanidine groups is 1. The maximum atomic E-state index is 11.1. The van der Waals surface area contributed by atoms with Crippen LogP contribution in [0.1, 0.15) is 25.0 Å². The van der Waals surface area contributed by atoms with E-state index in [9.17, 15) is 4.79 Å². The van der Waals surface area contributed by atoms with Crippen molar-refractivity contribution in [2.45, 2.75) is 27.3 Å². The second kappa shape index (κ2) is 9.27. The van der Waals surface area contributed by atoms with Crippen molar-refractivity contribution >= 4 is 17.7 Å². The van der Waals surface area contributed by atoms with Crippen molar-refractivity contribution in [3.8, 4) is 5.75 Å². The van der Waals surface area contributed by atoms with Gasteiger partial charge in [0.2, 0.25) is 5.96 Å². The molecule has 0 saturated carbocycles. The molecule has 0 aliphatic heterocycles. The molecule has 0 unspecified atom stereocenters. The Morgan fingerprint density at radius 3 is 2.72 bits per heavy atom. The van der Waals surface area contributed by atoms with Crippen LogP contribution in [0.25, 0.3) is 0 Å². The van der Waals surface area contributed by atoms with Crippen molar-refractivity contribution in [2.75, 3.05) is 11.9 Å². The molecule has 0 aliphatic rings. The fourth-order valence-electron chi connectivity index (χ4n) is 1.98. The molecule has 0 spiro atoms. The monoisotopic (exact) mass is 342 g/mol. The van der Waals surface area contributed by atoms with Gasteiger partial charge in [0.25, 0.3) is 0 Å². The number of hydrogen-bond donors (Lipinski definition) is 2. The van der Waals surface area contributed by atoms with E-state index in [0.717, 1.165) is 16.9 Å². The molecular weight excluding hydrogens is 320 g/mol. The number of nitrogens with one attached hydrogen (secondary N) is 2. The summed E-state index contributed by atoms with van der Waals surface area (Å²) in [5, 5.41) is 2.99. The summed E-state index contributed by atoms with van der Waals surface area (Å²) in [4.78, 5) is 24.6. The number of hydrogen-bond acceptors (Lipinski definition) is 5. The molecule has 0 radical (unpaired) electrons. The summed E-state index contributed by atoms with van der Waals surface area (Å²) in [7, 11) is 0. The van der Waals surface area contributed by atoms with Gasteiger partial charge < -0.3 is 14.9 Å². The van der Waals surface area contributed by atoms with Gasteiger partial charge in [-0.25, -0.2) is 9.98 Å². The quantitative estimate of drug-likeness (QED) is 0.494. The number of carbonyl (C=O) groups is 1. The zero-order valence-electron chi connectivity index (χ0n) is 14.6. The number of hydroxylamine groups is 1. The van der Waals surface area contributed by atoms with E-state index in [-0.39, 0.29) is 5.96 Å². The number of para-hydroxylation sites is 1. The Morgan fingerprint density at radius 2 is 2.04 bits per heavy atom. The number of aromatic nitrogens is 1. The highest BCUT2D eigenvalue weighted by atomic mass is 16.7. The molecule has 7 nitrogen and oxygen atoms in total. The Labute approximate surface area is 147 Å². The third-order valence-corrected chi connectivity index (χ3v) is 3.13. The molecule has 1 heterocycles. The SMILES string of the molecule is CCOc1ccccc1CN=C(NOC(C)=O)Nc1ccc(C)cn1. The second-order valence-corrected chi connectivity index (χ2v) is 5.25. The third kappa shape index (κ3) is 6.14. The molecule has 0 fully saturated rings. The van der Waals surface area contributed by atoms with Crippen LogP contribution in [-0.2, 0) is 16.2 Å². The van der Waals surface area contributed by atoms with Crippen LogP contribution in [0.5, 0.6) is 5.75 Å². The number of aryl methyl sites for hydroxylation is 1. The Morgan fingerprint density at radius 1 is 1.24 bits per heavy atom. The van der Waals surface area contributed by atoms with Crippen LogP contribution in [0.15, 0.2) is 47.6 Å². The number of carbonyl (C=O) groups excluding carboxylic acids is 1. The standard InChI is InChI=1S/C18H22N4O3/c1-4-24-16-8-6-5-7-15(16)12-20-18(22-25-14(3)23)21-17-10-9-13(2)11-19-17/h5-11H,4,12H2,1-3H3,(H2,19,20,21,22). The summed E-state index contributed by atoms with van der Waals surface area (Å²) < 4.78 is 5.59. The first-order chi connectivity index (χ1) is 12.1. The highest BCUT2D eigenvalue weighted by molar-refractivity contribution is 5.92. The van der Waals surface area contributed by atoms with E-state index in [1.54, 1.807) is 6.20 Å². The number of benzene rings is 1. The van der Waals surface area contributed by atoms with E-state index >= 15 is 0 Å². The number of pyridine rings is 1. The van der Waals surface area contributed by atoms with Gasteiger partial charge in [0.1, 0.15) is 11.6 Å². The van der Waals surface area contributed by atoms with E-state index in [1.165, 1.54) is 6.92 Å². The summed E-state index contributed by atoms with van der Waals surface area (Å²) in [5.74, 6) is 1.16. The van der Waals surface area contributed by atoms with Gasteiger partial charge in [0, 0.05) is 18.7 Å². The van der Waals surface area contributed by atoms with Gasteiger partial charge in [0.15, 0.2) is 0 Å². The number of nitrogens with zero attached hydrogens (tertiary/aromatic N) is 2. The van der Waals surface area contributed by atoms with Crippen LogP contribution >= 0.6 is 0 Å². The summed E-state index contributed by atoms with van der Waals surface area (Å²) in [5.41, 5.74) is 4.48. The maximum absolute atomic E-state index is 11.1. The summed E-state index contributed by atoms with van der Waals surface area (Å²) in [6.07, 6.45) is 1.73. The van der Waals surface area contributed by atoms with E-state index < -0.39 is 5.97 Å². The highest BCUT2D eigenvalue weighted by Crippen LogP contribution is 2.18. The Kier molecular flexibility index (Phi) is 6.76. The normalized spacial score (nSPS) is 10.9. The van der Waals surface area contributed by atoms with Crippen LogP contribution < -0.4 is 15.5 Å². The molecule has 2 aromatic rings. The largest absolute Gasteiger partial charge is 0.494 e. The van der Waals surface area contributed by atoms with Crippen molar-refractivity contribution in [3.63, 3.8) is 0 Å². The molecule has 132 valence electrons. The van der Waals surface area contributed by atoms with E-state index in [4.69, 9.17) is 9.57 Å².